The van der Waals surface area contributed by atoms with Gasteiger partial charge in [-0.3, -0.25) is 20.0 Å². The number of carbonyl (C=O) groups excluding carboxylic acids is 1. The fraction of sp³-hybridized carbons (Fsp3) is 0.545. The number of carbonyl (C=O) groups is 2. The van der Waals surface area contributed by atoms with Gasteiger partial charge in [0.05, 0.1) is 6.61 Å². The van der Waals surface area contributed by atoms with E-state index in [4.69, 9.17) is 25.1 Å². The zero-order valence-corrected chi connectivity index (χ0v) is 27.2. The van der Waals surface area contributed by atoms with Crippen molar-refractivity contribution < 1.29 is 37.3 Å². The number of carboxylic acid groups (broad SMARTS) is 1. The second-order valence-corrected chi connectivity index (χ2v) is 11.4. The van der Waals surface area contributed by atoms with E-state index in [0.29, 0.717) is 44.7 Å². The highest BCUT2D eigenvalue weighted by molar-refractivity contribution is 5.96. The van der Waals surface area contributed by atoms with E-state index in [1.165, 1.54) is 5.56 Å². The Morgan fingerprint density at radius 2 is 1.70 bits per heavy atom. The predicted molar refractivity (Wildman–Crippen MR) is 173 cm³/mol. The summed E-state index contributed by atoms with van der Waals surface area (Å²) in [5.74, 6) is -1.88. The number of hydrogen-bond donors (Lipinski definition) is 4. The van der Waals surface area contributed by atoms with E-state index in [9.17, 15) is 18.0 Å². The number of alkyl halides is 3. The first-order chi connectivity index (χ1) is 21.8. The molecule has 2 aromatic rings. The average Bonchev–Trinajstić information content (AvgIpc) is 2.98. The molecule has 1 heterocycles. The first-order valence-electron chi connectivity index (χ1n) is 15.5. The first-order valence-corrected chi connectivity index (χ1v) is 15.5. The molecule has 1 amide bonds. The molecule has 2 unspecified atom stereocenters. The molecular weight excluding hydrogens is 603 g/mol. The Labute approximate surface area is 269 Å². The van der Waals surface area contributed by atoms with Crippen LogP contribution in [0.1, 0.15) is 57.6 Å². The Morgan fingerprint density at radius 3 is 2.28 bits per heavy atom. The van der Waals surface area contributed by atoms with E-state index in [0.717, 1.165) is 61.3 Å². The summed E-state index contributed by atoms with van der Waals surface area (Å²) in [6.07, 6.45) is -1.38. The van der Waals surface area contributed by atoms with Gasteiger partial charge in [0.15, 0.2) is 5.96 Å². The van der Waals surface area contributed by atoms with Gasteiger partial charge in [-0.25, -0.2) is 4.79 Å². The highest BCUT2D eigenvalue weighted by Crippen LogP contribution is 2.32. The van der Waals surface area contributed by atoms with Crippen LogP contribution in [0.5, 0.6) is 5.75 Å². The van der Waals surface area contributed by atoms with Crippen molar-refractivity contribution in [2.45, 2.75) is 77.7 Å². The van der Waals surface area contributed by atoms with Gasteiger partial charge in [0.2, 0.25) is 5.91 Å². The first kappa shape index (κ1) is 38.5. The van der Waals surface area contributed by atoms with Crippen molar-refractivity contribution in [3.8, 4) is 16.9 Å². The number of nitrogens with zero attached hydrogens (tertiary/aromatic N) is 2. The largest absolute Gasteiger partial charge is 0.493 e. The number of aryl methyl sites for hydroxylation is 1. The van der Waals surface area contributed by atoms with Crippen LogP contribution in [-0.4, -0.2) is 86.1 Å². The van der Waals surface area contributed by atoms with Crippen LogP contribution in [0.4, 0.5) is 13.2 Å². The fourth-order valence-corrected chi connectivity index (χ4v) is 4.94. The molecule has 1 saturated heterocycles. The molecule has 0 radical (unpaired) electrons. The zero-order chi connectivity index (χ0) is 34.1. The highest BCUT2D eigenvalue weighted by Gasteiger charge is 2.38. The number of methoxy groups -OCH3 is 1. The number of aliphatic imine (C=N–C) groups is 1. The van der Waals surface area contributed by atoms with E-state index < -0.39 is 12.1 Å². The number of carboxylic acids is 1. The summed E-state index contributed by atoms with van der Waals surface area (Å²) in [7, 11) is 1.70. The van der Waals surface area contributed by atoms with Gasteiger partial charge >= 0.3 is 12.1 Å². The molecule has 10 nitrogen and oxygen atoms in total. The SMILES string of the molecule is CCCCN=C(N)NC(=O)CCc1ccc(-c2ccc(CN3CC(C)NC(C)C3)cc2)c(OCCCOC)c1.O=C(O)C(F)(F)F. The molecule has 2 atom stereocenters. The van der Waals surface area contributed by atoms with Crippen LogP contribution >= 0.6 is 0 Å². The second kappa shape index (κ2) is 19.7. The summed E-state index contributed by atoms with van der Waals surface area (Å²) in [5, 5.41) is 13.4. The monoisotopic (exact) mass is 651 g/mol. The molecule has 256 valence electrons. The normalized spacial score (nSPS) is 17.2. The van der Waals surface area contributed by atoms with Crippen molar-refractivity contribution in [2.24, 2.45) is 10.7 Å². The van der Waals surface area contributed by atoms with Gasteiger partial charge in [0, 0.05) is 70.4 Å². The van der Waals surface area contributed by atoms with E-state index in [1.807, 2.05) is 6.07 Å². The molecule has 2 aromatic carbocycles. The standard InChI is InChI=1S/C31H47N5O3.C2HF3O2/c1-5-6-16-33-31(32)35-30(37)15-11-25-10-14-28(29(19-25)39-18-7-17-38-4)27-12-8-26(9-13-27)22-36-20-23(2)34-24(3)21-36;3-2(4,5)1(6)7/h8-10,12-14,19,23-24,34H,5-7,11,15-18,20-22H2,1-4H3,(H3,32,33,35,37);(H,6,7). The number of hydrogen-bond acceptors (Lipinski definition) is 7. The van der Waals surface area contributed by atoms with Gasteiger partial charge in [-0.2, -0.15) is 13.2 Å². The molecule has 0 aliphatic carbocycles. The maximum Gasteiger partial charge on any atom is 0.490 e. The van der Waals surface area contributed by atoms with Crippen LogP contribution < -0.4 is 21.1 Å². The van der Waals surface area contributed by atoms with E-state index in [-0.39, 0.29) is 11.9 Å². The Kier molecular flexibility index (Phi) is 16.5. The summed E-state index contributed by atoms with van der Waals surface area (Å²) in [4.78, 5) is 28.0. The quantitative estimate of drug-likeness (QED) is 0.131. The molecule has 13 heteroatoms. The minimum Gasteiger partial charge on any atom is -0.493 e. The van der Waals surface area contributed by atoms with Gasteiger partial charge in [-0.05, 0) is 49.4 Å². The lowest BCUT2D eigenvalue weighted by molar-refractivity contribution is -0.192. The summed E-state index contributed by atoms with van der Waals surface area (Å²) in [6.45, 7) is 11.5. The van der Waals surface area contributed by atoms with Crippen LogP contribution in [0.3, 0.4) is 0 Å². The Hall–Kier alpha value is -3.68. The topological polar surface area (TPSA) is 139 Å². The number of nitrogens with two attached hydrogens (primary N) is 1. The Morgan fingerprint density at radius 1 is 1.07 bits per heavy atom. The maximum atomic E-state index is 12.4. The smallest absolute Gasteiger partial charge is 0.490 e. The number of unbranched alkanes of at least 4 members (excludes halogenated alkanes) is 1. The van der Waals surface area contributed by atoms with Crippen LogP contribution in [0.2, 0.25) is 0 Å². The number of aliphatic carboxylic acids is 1. The third-order valence-electron chi connectivity index (χ3n) is 7.05. The number of piperazine rings is 1. The Balaban J connectivity index is 0.000000942. The number of ether oxygens (including phenoxy) is 2. The lowest BCUT2D eigenvalue weighted by Gasteiger charge is -2.36. The van der Waals surface area contributed by atoms with Crippen molar-refractivity contribution in [3.05, 3.63) is 53.6 Å². The van der Waals surface area contributed by atoms with E-state index in [2.05, 4.69) is 77.7 Å². The van der Waals surface area contributed by atoms with Crippen molar-refractivity contribution in [1.82, 2.24) is 15.5 Å². The summed E-state index contributed by atoms with van der Waals surface area (Å²) < 4.78 is 43.1. The van der Waals surface area contributed by atoms with Crippen molar-refractivity contribution in [3.63, 3.8) is 0 Å². The van der Waals surface area contributed by atoms with Gasteiger partial charge in [-0.15, -0.1) is 0 Å². The molecule has 0 saturated carbocycles. The zero-order valence-electron chi connectivity index (χ0n) is 27.2. The Bertz CT molecular complexity index is 1250. The van der Waals surface area contributed by atoms with Gasteiger partial charge in [0.1, 0.15) is 5.75 Å². The molecule has 0 spiro atoms. The van der Waals surface area contributed by atoms with Gasteiger partial charge in [-0.1, -0.05) is 49.7 Å². The van der Waals surface area contributed by atoms with Crippen molar-refractivity contribution in [1.29, 1.82) is 0 Å². The minimum absolute atomic E-state index is 0.136. The summed E-state index contributed by atoms with van der Waals surface area (Å²) in [6, 6.07) is 16.0. The molecule has 1 aliphatic heterocycles. The third-order valence-corrected chi connectivity index (χ3v) is 7.05. The number of rotatable bonds is 14. The predicted octanol–water partition coefficient (Wildman–Crippen LogP) is 4.75. The number of guanidine groups is 1. The lowest BCUT2D eigenvalue weighted by Crippen LogP contribution is -2.53. The number of amides is 1. The number of nitrogens with one attached hydrogen (secondary N) is 2. The minimum atomic E-state index is -5.08. The molecular formula is C33H48F3N5O5. The van der Waals surface area contributed by atoms with Gasteiger partial charge in [0.25, 0.3) is 0 Å². The van der Waals surface area contributed by atoms with Crippen molar-refractivity contribution >= 4 is 17.8 Å². The number of benzene rings is 2. The highest BCUT2D eigenvalue weighted by atomic mass is 19.4. The maximum absolute atomic E-state index is 12.4. The summed E-state index contributed by atoms with van der Waals surface area (Å²) in [5.41, 5.74) is 10.3. The molecule has 0 bridgehead atoms. The summed E-state index contributed by atoms with van der Waals surface area (Å²) >= 11 is 0. The van der Waals surface area contributed by atoms with Crippen LogP contribution in [-0.2, 0) is 27.3 Å². The molecule has 46 heavy (non-hydrogen) atoms. The van der Waals surface area contributed by atoms with Crippen LogP contribution in [0, 0.1) is 0 Å². The van der Waals surface area contributed by atoms with E-state index in [1.54, 1.807) is 7.11 Å². The average molecular weight is 652 g/mol. The third kappa shape index (κ3) is 14.6. The number of halogens is 3. The lowest BCUT2D eigenvalue weighted by atomic mass is 9.99. The van der Waals surface area contributed by atoms with Crippen LogP contribution in [0.15, 0.2) is 47.5 Å². The molecule has 3 rings (SSSR count). The second-order valence-electron chi connectivity index (χ2n) is 11.4. The van der Waals surface area contributed by atoms with Crippen molar-refractivity contribution in [2.75, 3.05) is 40.0 Å². The fourth-order valence-electron chi connectivity index (χ4n) is 4.94. The molecule has 1 aliphatic rings. The molecule has 5 N–H and O–H groups in total. The molecule has 1 fully saturated rings. The van der Waals surface area contributed by atoms with Gasteiger partial charge < -0.3 is 25.6 Å². The molecule has 0 aromatic heterocycles. The van der Waals surface area contributed by atoms with Crippen LogP contribution in [0.25, 0.3) is 11.1 Å². The van der Waals surface area contributed by atoms with E-state index >= 15 is 0 Å².